The highest BCUT2D eigenvalue weighted by molar-refractivity contribution is 7.11. The number of thiophene rings is 1. The SMILES string of the molecule is CCCNCc1ccc(CN2CCC(N(C)C)CC2)s1. The molecule has 1 aromatic heterocycles. The topological polar surface area (TPSA) is 18.5 Å². The maximum Gasteiger partial charge on any atom is 0.0328 e. The molecule has 0 radical (unpaired) electrons. The molecule has 1 aliphatic heterocycles. The molecule has 0 bridgehead atoms. The van der Waals surface area contributed by atoms with Gasteiger partial charge in [0.05, 0.1) is 0 Å². The predicted octanol–water partition coefficient (Wildman–Crippen LogP) is 2.77. The molecule has 1 N–H and O–H groups in total. The predicted molar refractivity (Wildman–Crippen MR) is 88.3 cm³/mol. The van der Waals surface area contributed by atoms with Gasteiger partial charge < -0.3 is 10.2 Å². The van der Waals surface area contributed by atoms with Gasteiger partial charge in [-0.05, 0) is 52.0 Å². The van der Waals surface area contributed by atoms with Gasteiger partial charge in [-0.1, -0.05) is 6.92 Å². The van der Waals surface area contributed by atoms with Crippen molar-refractivity contribution >= 4 is 11.3 Å². The van der Waals surface area contributed by atoms with Crippen molar-refractivity contribution in [1.29, 1.82) is 0 Å². The summed E-state index contributed by atoms with van der Waals surface area (Å²) in [5, 5.41) is 3.48. The van der Waals surface area contributed by atoms with Crippen molar-refractivity contribution in [3.8, 4) is 0 Å². The lowest BCUT2D eigenvalue weighted by atomic mass is 10.0. The molecule has 20 heavy (non-hydrogen) atoms. The minimum Gasteiger partial charge on any atom is -0.312 e. The fraction of sp³-hybridized carbons (Fsp3) is 0.750. The quantitative estimate of drug-likeness (QED) is 0.780. The van der Waals surface area contributed by atoms with Crippen LogP contribution in [0.1, 0.15) is 35.9 Å². The van der Waals surface area contributed by atoms with Crippen LogP contribution in [-0.2, 0) is 13.1 Å². The largest absolute Gasteiger partial charge is 0.312 e. The van der Waals surface area contributed by atoms with Gasteiger partial charge in [-0.25, -0.2) is 0 Å². The van der Waals surface area contributed by atoms with E-state index in [4.69, 9.17) is 0 Å². The molecular weight excluding hydrogens is 266 g/mol. The standard InChI is InChI=1S/C16H29N3S/c1-4-9-17-12-15-5-6-16(20-15)13-19-10-7-14(8-11-19)18(2)3/h5-6,14,17H,4,7-13H2,1-3H3. The highest BCUT2D eigenvalue weighted by Gasteiger charge is 2.20. The summed E-state index contributed by atoms with van der Waals surface area (Å²) in [6, 6.07) is 5.38. The molecule has 0 saturated carbocycles. The van der Waals surface area contributed by atoms with Crippen molar-refractivity contribution in [2.45, 2.75) is 45.3 Å². The maximum absolute atomic E-state index is 3.48. The second-order valence-electron chi connectivity index (χ2n) is 6.02. The van der Waals surface area contributed by atoms with Gasteiger partial charge in [-0.3, -0.25) is 4.90 Å². The fourth-order valence-electron chi connectivity index (χ4n) is 2.80. The molecule has 0 spiro atoms. The van der Waals surface area contributed by atoms with Gasteiger partial charge in [0.15, 0.2) is 0 Å². The van der Waals surface area contributed by atoms with Crippen molar-refractivity contribution in [3.05, 3.63) is 21.9 Å². The van der Waals surface area contributed by atoms with Crippen LogP contribution < -0.4 is 5.32 Å². The van der Waals surface area contributed by atoms with Gasteiger partial charge in [0.2, 0.25) is 0 Å². The lowest BCUT2D eigenvalue weighted by Gasteiger charge is -2.34. The number of piperidine rings is 1. The fourth-order valence-corrected chi connectivity index (χ4v) is 3.84. The second kappa shape index (κ2) is 8.13. The van der Waals surface area contributed by atoms with E-state index in [-0.39, 0.29) is 0 Å². The van der Waals surface area contributed by atoms with Crippen molar-refractivity contribution in [2.24, 2.45) is 0 Å². The molecule has 2 rings (SSSR count). The van der Waals surface area contributed by atoms with Gasteiger partial charge in [0, 0.05) is 42.0 Å². The molecule has 0 aliphatic carbocycles. The molecule has 2 heterocycles. The zero-order chi connectivity index (χ0) is 14.4. The Kier molecular flexibility index (Phi) is 6.49. The molecule has 1 aromatic rings. The average Bonchev–Trinajstić information content (AvgIpc) is 2.87. The van der Waals surface area contributed by atoms with E-state index in [1.807, 2.05) is 11.3 Å². The molecule has 0 unspecified atom stereocenters. The van der Waals surface area contributed by atoms with Crippen molar-refractivity contribution < 1.29 is 0 Å². The molecular formula is C16H29N3S. The summed E-state index contributed by atoms with van der Waals surface area (Å²) in [7, 11) is 4.41. The first kappa shape index (κ1) is 16.0. The van der Waals surface area contributed by atoms with Crippen LogP contribution in [0, 0.1) is 0 Å². The summed E-state index contributed by atoms with van der Waals surface area (Å²) in [5.74, 6) is 0. The molecule has 0 amide bonds. The van der Waals surface area contributed by atoms with Gasteiger partial charge in [0.25, 0.3) is 0 Å². The summed E-state index contributed by atoms with van der Waals surface area (Å²) in [6.45, 7) is 7.98. The molecule has 3 nitrogen and oxygen atoms in total. The highest BCUT2D eigenvalue weighted by atomic mass is 32.1. The zero-order valence-corrected chi connectivity index (χ0v) is 14.0. The van der Waals surface area contributed by atoms with Crippen LogP contribution in [-0.4, -0.2) is 49.6 Å². The molecule has 0 aromatic carbocycles. The van der Waals surface area contributed by atoms with Gasteiger partial charge in [-0.2, -0.15) is 0 Å². The summed E-state index contributed by atoms with van der Waals surface area (Å²) in [5.41, 5.74) is 0. The highest BCUT2D eigenvalue weighted by Crippen LogP contribution is 2.21. The van der Waals surface area contributed by atoms with Crippen molar-refractivity contribution in [1.82, 2.24) is 15.1 Å². The van der Waals surface area contributed by atoms with Crippen LogP contribution in [0.25, 0.3) is 0 Å². The lowest BCUT2D eigenvalue weighted by Crippen LogP contribution is -2.41. The summed E-state index contributed by atoms with van der Waals surface area (Å²) in [4.78, 5) is 7.97. The van der Waals surface area contributed by atoms with Crippen LogP contribution in [0.15, 0.2) is 12.1 Å². The Balaban J connectivity index is 1.74. The third-order valence-electron chi connectivity index (χ3n) is 4.11. The zero-order valence-electron chi connectivity index (χ0n) is 13.2. The number of nitrogens with one attached hydrogen (secondary N) is 1. The minimum atomic E-state index is 0.781. The molecule has 1 saturated heterocycles. The van der Waals surface area contributed by atoms with E-state index >= 15 is 0 Å². The van der Waals surface area contributed by atoms with Crippen molar-refractivity contribution in [2.75, 3.05) is 33.7 Å². The number of hydrogen-bond donors (Lipinski definition) is 1. The van der Waals surface area contributed by atoms with Gasteiger partial charge >= 0.3 is 0 Å². The third kappa shape index (κ3) is 4.85. The van der Waals surface area contributed by atoms with E-state index in [0.717, 1.165) is 25.7 Å². The Morgan fingerprint density at radius 1 is 1.25 bits per heavy atom. The third-order valence-corrected chi connectivity index (χ3v) is 5.18. The van der Waals surface area contributed by atoms with E-state index in [0.29, 0.717) is 0 Å². The van der Waals surface area contributed by atoms with E-state index < -0.39 is 0 Å². The molecule has 114 valence electrons. The monoisotopic (exact) mass is 295 g/mol. The Labute approximate surface area is 128 Å². The van der Waals surface area contributed by atoms with E-state index in [9.17, 15) is 0 Å². The van der Waals surface area contributed by atoms with Crippen LogP contribution in [0.2, 0.25) is 0 Å². The van der Waals surface area contributed by atoms with E-state index in [2.05, 4.69) is 48.3 Å². The number of rotatable bonds is 7. The van der Waals surface area contributed by atoms with E-state index in [1.54, 1.807) is 0 Å². The lowest BCUT2D eigenvalue weighted by molar-refractivity contribution is 0.141. The number of nitrogens with zero attached hydrogens (tertiary/aromatic N) is 2. The number of hydrogen-bond acceptors (Lipinski definition) is 4. The Bertz CT molecular complexity index is 381. The molecule has 1 fully saturated rings. The maximum atomic E-state index is 3.48. The first-order chi connectivity index (χ1) is 9.69. The van der Waals surface area contributed by atoms with Gasteiger partial charge in [0.1, 0.15) is 0 Å². The Hall–Kier alpha value is -0.420. The summed E-state index contributed by atoms with van der Waals surface area (Å²) >= 11 is 1.97. The first-order valence-corrected chi connectivity index (χ1v) is 8.67. The number of likely N-dealkylation sites (tertiary alicyclic amines) is 1. The second-order valence-corrected chi connectivity index (χ2v) is 7.27. The minimum absolute atomic E-state index is 0.781. The van der Waals surface area contributed by atoms with Crippen LogP contribution in [0.4, 0.5) is 0 Å². The smallest absolute Gasteiger partial charge is 0.0328 e. The normalized spacial score (nSPS) is 18.0. The molecule has 1 aliphatic rings. The van der Waals surface area contributed by atoms with E-state index in [1.165, 1.54) is 42.1 Å². The van der Waals surface area contributed by atoms with Crippen LogP contribution >= 0.6 is 11.3 Å². The summed E-state index contributed by atoms with van der Waals surface area (Å²) in [6.07, 6.45) is 3.83. The van der Waals surface area contributed by atoms with Crippen molar-refractivity contribution in [3.63, 3.8) is 0 Å². The molecule has 0 atom stereocenters. The van der Waals surface area contributed by atoms with Crippen LogP contribution in [0.5, 0.6) is 0 Å². The van der Waals surface area contributed by atoms with Gasteiger partial charge in [-0.15, -0.1) is 11.3 Å². The summed E-state index contributed by atoms with van der Waals surface area (Å²) < 4.78 is 0. The first-order valence-electron chi connectivity index (χ1n) is 7.86. The average molecular weight is 295 g/mol. The Morgan fingerprint density at radius 3 is 2.60 bits per heavy atom. The Morgan fingerprint density at radius 2 is 1.95 bits per heavy atom. The molecule has 4 heteroatoms. The van der Waals surface area contributed by atoms with Crippen LogP contribution in [0.3, 0.4) is 0 Å².